The fraction of sp³-hybridized carbons (Fsp3) is 0.286. The number of aromatic nitrogens is 2. The number of H-pyrrole nitrogens is 1. The molecule has 3 aromatic rings. The van der Waals surface area contributed by atoms with E-state index in [1.165, 1.54) is 0 Å². The van der Waals surface area contributed by atoms with Crippen LogP contribution in [0.4, 0.5) is 13.2 Å². The second kappa shape index (κ2) is 9.17. The quantitative estimate of drug-likeness (QED) is 0.505. The molecule has 1 aliphatic rings. The normalized spacial score (nSPS) is 18.3. The van der Waals surface area contributed by atoms with Crippen molar-refractivity contribution < 1.29 is 27.9 Å². The van der Waals surface area contributed by atoms with Gasteiger partial charge >= 0.3 is 12.1 Å². The van der Waals surface area contributed by atoms with Crippen molar-refractivity contribution in [2.24, 2.45) is 0 Å². The molecule has 0 aliphatic carbocycles. The minimum Gasteiger partial charge on any atom is -0.475 e. The molecule has 7 nitrogen and oxygen atoms in total. The van der Waals surface area contributed by atoms with Gasteiger partial charge in [0.1, 0.15) is 0 Å². The summed E-state index contributed by atoms with van der Waals surface area (Å²) in [5, 5.41) is 13.6. The summed E-state index contributed by atoms with van der Waals surface area (Å²) in [7, 11) is 0. The lowest BCUT2D eigenvalue weighted by Gasteiger charge is -2.27. The average molecular weight is 434 g/mol. The second-order valence-electron chi connectivity index (χ2n) is 7.11. The van der Waals surface area contributed by atoms with E-state index < -0.39 is 17.6 Å². The monoisotopic (exact) mass is 434 g/mol. The Hall–Kier alpha value is -3.40. The van der Waals surface area contributed by atoms with Crippen LogP contribution in [-0.4, -0.2) is 46.2 Å². The van der Waals surface area contributed by atoms with Crippen LogP contribution in [0.2, 0.25) is 0 Å². The van der Waals surface area contributed by atoms with Crippen molar-refractivity contribution in [1.82, 2.24) is 20.6 Å². The maximum Gasteiger partial charge on any atom is 0.490 e. The molecule has 10 heteroatoms. The Morgan fingerprint density at radius 2 is 1.87 bits per heavy atom. The number of rotatable bonds is 4. The highest BCUT2D eigenvalue weighted by Crippen LogP contribution is 2.31. The largest absolute Gasteiger partial charge is 0.490 e. The number of benzene rings is 2. The number of imidazole rings is 1. The predicted octanol–water partition coefficient (Wildman–Crippen LogP) is 2.74. The van der Waals surface area contributed by atoms with Crippen molar-refractivity contribution in [3.05, 3.63) is 66.0 Å². The summed E-state index contributed by atoms with van der Waals surface area (Å²) in [6.45, 7) is 2.06. The van der Waals surface area contributed by atoms with E-state index in [-0.39, 0.29) is 5.91 Å². The Balaban J connectivity index is 0.000000339. The van der Waals surface area contributed by atoms with Gasteiger partial charge in [0.2, 0.25) is 5.91 Å². The summed E-state index contributed by atoms with van der Waals surface area (Å²) in [6, 6.07) is 16.1. The van der Waals surface area contributed by atoms with Gasteiger partial charge in [-0.25, -0.2) is 9.78 Å². The van der Waals surface area contributed by atoms with Gasteiger partial charge in [0.25, 0.3) is 0 Å². The highest BCUT2D eigenvalue weighted by Gasteiger charge is 2.42. The lowest BCUT2D eigenvalue weighted by molar-refractivity contribution is -0.192. The zero-order valence-corrected chi connectivity index (χ0v) is 16.4. The molecule has 1 fully saturated rings. The number of aromatic amines is 1. The van der Waals surface area contributed by atoms with Gasteiger partial charge in [-0.3, -0.25) is 4.79 Å². The number of nitrogens with zero attached hydrogens (tertiary/aromatic N) is 1. The third kappa shape index (κ3) is 5.21. The van der Waals surface area contributed by atoms with Crippen molar-refractivity contribution in [3.63, 3.8) is 0 Å². The van der Waals surface area contributed by atoms with Crippen LogP contribution in [0.5, 0.6) is 0 Å². The fourth-order valence-electron chi connectivity index (χ4n) is 3.46. The van der Waals surface area contributed by atoms with E-state index >= 15 is 0 Å². The Bertz CT molecular complexity index is 1040. The summed E-state index contributed by atoms with van der Waals surface area (Å²) in [5.41, 5.74) is 3.60. The molecule has 2 aromatic carbocycles. The third-order valence-corrected chi connectivity index (χ3v) is 5.10. The standard InChI is InChI=1S/C19H20N4O.C2HF3O2/c24-18(19(8-9-20-12-19)15-4-2-1-3-5-15)21-11-14-6-7-16-17(10-14)23-13-22-16;3-2(4,5)1(6)7/h1-7,10,13,20H,8-9,11-12H2,(H,21,24)(H,22,23);(H,6,7). The van der Waals surface area contributed by atoms with Crippen LogP contribution < -0.4 is 10.6 Å². The minimum atomic E-state index is -5.08. The molecule has 0 radical (unpaired) electrons. The molecule has 1 aliphatic heterocycles. The first-order chi connectivity index (χ1) is 14.7. The number of halogens is 3. The van der Waals surface area contributed by atoms with E-state index in [4.69, 9.17) is 9.90 Å². The van der Waals surface area contributed by atoms with Crippen LogP contribution in [0.1, 0.15) is 17.5 Å². The molecular formula is C21H21F3N4O3. The first-order valence-electron chi connectivity index (χ1n) is 9.49. The zero-order valence-electron chi connectivity index (χ0n) is 16.4. The van der Waals surface area contributed by atoms with Gasteiger partial charge in [-0.15, -0.1) is 0 Å². The molecule has 31 heavy (non-hydrogen) atoms. The number of carbonyl (C=O) groups is 2. The van der Waals surface area contributed by atoms with Crippen LogP contribution >= 0.6 is 0 Å². The van der Waals surface area contributed by atoms with E-state index in [1.807, 2.05) is 48.5 Å². The molecule has 0 spiro atoms. The van der Waals surface area contributed by atoms with Gasteiger partial charge in [-0.2, -0.15) is 13.2 Å². The number of nitrogens with one attached hydrogen (secondary N) is 3. The van der Waals surface area contributed by atoms with Crippen LogP contribution in [0.25, 0.3) is 11.0 Å². The van der Waals surface area contributed by atoms with Crippen molar-refractivity contribution >= 4 is 22.9 Å². The van der Waals surface area contributed by atoms with E-state index in [0.717, 1.165) is 35.1 Å². The zero-order chi connectivity index (χ0) is 22.5. The number of fused-ring (bicyclic) bond motifs is 1. The molecule has 1 saturated heterocycles. The van der Waals surface area contributed by atoms with Gasteiger partial charge in [0, 0.05) is 13.1 Å². The van der Waals surface area contributed by atoms with E-state index in [2.05, 4.69) is 20.6 Å². The molecule has 164 valence electrons. The van der Waals surface area contributed by atoms with Crippen LogP contribution in [0.15, 0.2) is 54.9 Å². The van der Waals surface area contributed by atoms with Crippen LogP contribution in [0, 0.1) is 0 Å². The number of aliphatic carboxylic acids is 1. The number of hydrogen-bond donors (Lipinski definition) is 4. The maximum absolute atomic E-state index is 13.0. The first-order valence-corrected chi connectivity index (χ1v) is 9.49. The van der Waals surface area contributed by atoms with Gasteiger partial charge in [-0.05, 0) is 36.2 Å². The third-order valence-electron chi connectivity index (χ3n) is 5.10. The van der Waals surface area contributed by atoms with Crippen LogP contribution in [-0.2, 0) is 21.5 Å². The van der Waals surface area contributed by atoms with Gasteiger partial charge in [0.15, 0.2) is 0 Å². The molecule has 0 saturated carbocycles. The molecule has 4 N–H and O–H groups in total. The highest BCUT2D eigenvalue weighted by molar-refractivity contribution is 5.89. The molecule has 4 rings (SSSR count). The Morgan fingerprint density at radius 1 is 1.16 bits per heavy atom. The topological polar surface area (TPSA) is 107 Å². The Labute approximate surface area is 175 Å². The first kappa shape index (κ1) is 22.3. The summed E-state index contributed by atoms with van der Waals surface area (Å²) in [6.07, 6.45) is -2.58. The predicted molar refractivity (Wildman–Crippen MR) is 107 cm³/mol. The smallest absolute Gasteiger partial charge is 0.475 e. The molecule has 1 aromatic heterocycles. The second-order valence-corrected chi connectivity index (χ2v) is 7.11. The number of alkyl halides is 3. The summed E-state index contributed by atoms with van der Waals surface area (Å²) < 4.78 is 31.7. The molecular weight excluding hydrogens is 413 g/mol. The molecule has 0 bridgehead atoms. The van der Waals surface area contributed by atoms with Gasteiger partial charge in [0.05, 0.1) is 22.8 Å². The summed E-state index contributed by atoms with van der Waals surface area (Å²) in [4.78, 5) is 29.2. The summed E-state index contributed by atoms with van der Waals surface area (Å²) >= 11 is 0. The lowest BCUT2D eigenvalue weighted by Crippen LogP contribution is -2.45. The van der Waals surface area contributed by atoms with Gasteiger partial charge < -0.3 is 20.7 Å². The average Bonchev–Trinajstić information content (AvgIpc) is 3.42. The van der Waals surface area contributed by atoms with E-state index in [0.29, 0.717) is 13.1 Å². The summed E-state index contributed by atoms with van der Waals surface area (Å²) in [5.74, 6) is -2.67. The Kier molecular flexibility index (Phi) is 6.59. The minimum absolute atomic E-state index is 0.0865. The van der Waals surface area contributed by atoms with Crippen molar-refractivity contribution in [2.75, 3.05) is 13.1 Å². The van der Waals surface area contributed by atoms with Gasteiger partial charge in [-0.1, -0.05) is 36.4 Å². The SMILES string of the molecule is O=C(NCc1ccc2nc[nH]c2c1)C1(c2ccccc2)CCNC1.O=C(O)C(F)(F)F. The number of hydrogen-bond acceptors (Lipinski definition) is 4. The molecule has 1 amide bonds. The van der Waals surface area contributed by atoms with Crippen LogP contribution in [0.3, 0.4) is 0 Å². The maximum atomic E-state index is 13.0. The highest BCUT2D eigenvalue weighted by atomic mass is 19.4. The molecule has 1 unspecified atom stereocenters. The van der Waals surface area contributed by atoms with E-state index in [9.17, 15) is 18.0 Å². The number of carboxylic acid groups (broad SMARTS) is 1. The molecule has 1 atom stereocenters. The number of carbonyl (C=O) groups excluding carboxylic acids is 1. The lowest BCUT2D eigenvalue weighted by atomic mass is 9.78. The van der Waals surface area contributed by atoms with E-state index in [1.54, 1.807) is 6.33 Å². The van der Waals surface area contributed by atoms with Crippen molar-refractivity contribution in [2.45, 2.75) is 24.6 Å². The Morgan fingerprint density at radius 3 is 2.48 bits per heavy atom. The number of carboxylic acids is 1. The number of amides is 1. The van der Waals surface area contributed by atoms with Crippen molar-refractivity contribution in [1.29, 1.82) is 0 Å². The fourth-order valence-corrected chi connectivity index (χ4v) is 3.46. The molecule has 2 heterocycles. The van der Waals surface area contributed by atoms with Crippen molar-refractivity contribution in [3.8, 4) is 0 Å².